The number of nitrogens with one attached hydrogen (secondary N) is 1. The lowest BCUT2D eigenvalue weighted by atomic mass is 10.0. The summed E-state index contributed by atoms with van der Waals surface area (Å²) in [7, 11) is 0. The van der Waals surface area contributed by atoms with Crippen LogP contribution in [0.1, 0.15) is 48.1 Å². The lowest BCUT2D eigenvalue weighted by Crippen LogP contribution is -2.48. The first-order chi connectivity index (χ1) is 15.4. The van der Waals surface area contributed by atoms with Crippen molar-refractivity contribution in [3.8, 4) is 0 Å². The second kappa shape index (κ2) is 9.51. The third kappa shape index (κ3) is 4.82. The average Bonchev–Trinajstić information content (AvgIpc) is 3.20. The molecular weight excluding hydrogens is 409 g/mol. The fourth-order valence-electron chi connectivity index (χ4n) is 4.58. The molecule has 0 saturated carbocycles. The zero-order valence-corrected chi connectivity index (χ0v) is 18.2. The van der Waals surface area contributed by atoms with E-state index < -0.39 is 5.82 Å². The minimum atomic E-state index is -0.445. The van der Waals surface area contributed by atoms with Gasteiger partial charge in [0.15, 0.2) is 0 Å². The molecule has 1 N–H and O–H groups in total. The first kappa shape index (κ1) is 22.0. The van der Waals surface area contributed by atoms with Gasteiger partial charge in [0.05, 0.1) is 12.0 Å². The summed E-state index contributed by atoms with van der Waals surface area (Å²) in [6.07, 6.45) is 1.52. The molecule has 0 radical (unpaired) electrons. The van der Waals surface area contributed by atoms with Crippen molar-refractivity contribution in [3.63, 3.8) is 0 Å². The van der Waals surface area contributed by atoms with E-state index in [9.17, 15) is 18.8 Å². The maximum absolute atomic E-state index is 13.3. The van der Waals surface area contributed by atoms with Crippen molar-refractivity contribution in [1.82, 2.24) is 15.1 Å². The topological polar surface area (TPSA) is 69.7 Å². The van der Waals surface area contributed by atoms with Gasteiger partial charge in [-0.2, -0.15) is 0 Å². The fraction of sp³-hybridized carbons (Fsp3) is 0.400. The van der Waals surface area contributed by atoms with Gasteiger partial charge in [-0.25, -0.2) is 4.39 Å². The minimum absolute atomic E-state index is 0.0102. The lowest BCUT2D eigenvalue weighted by Gasteiger charge is -2.34. The number of hydrogen-bond acceptors (Lipinski definition) is 3. The van der Waals surface area contributed by atoms with Gasteiger partial charge >= 0.3 is 0 Å². The molecule has 2 aromatic carbocycles. The van der Waals surface area contributed by atoms with Gasteiger partial charge in [-0.05, 0) is 43.5 Å². The second-order valence-electron chi connectivity index (χ2n) is 8.62. The van der Waals surface area contributed by atoms with E-state index >= 15 is 0 Å². The number of piperidine rings is 1. The Morgan fingerprint density at radius 2 is 1.78 bits per heavy atom. The van der Waals surface area contributed by atoms with Crippen LogP contribution >= 0.6 is 0 Å². The van der Waals surface area contributed by atoms with Crippen LogP contribution in [0.2, 0.25) is 0 Å². The van der Waals surface area contributed by atoms with Crippen LogP contribution in [-0.2, 0) is 9.59 Å². The summed E-state index contributed by atoms with van der Waals surface area (Å²) in [6, 6.07) is 15.3. The molecule has 2 saturated heterocycles. The smallest absolute Gasteiger partial charge is 0.251 e. The summed E-state index contributed by atoms with van der Waals surface area (Å²) in [5.74, 6) is -1.05. The third-order valence-electron chi connectivity index (χ3n) is 6.49. The Balaban J connectivity index is 1.29. The summed E-state index contributed by atoms with van der Waals surface area (Å²) in [4.78, 5) is 41.6. The van der Waals surface area contributed by atoms with Gasteiger partial charge in [0.1, 0.15) is 5.82 Å². The predicted octanol–water partition coefficient (Wildman–Crippen LogP) is 3.16. The molecule has 32 heavy (non-hydrogen) atoms. The van der Waals surface area contributed by atoms with Gasteiger partial charge in [-0.3, -0.25) is 14.4 Å². The standard InChI is InChI=1S/C25H28FN3O3/c1-17(18-6-3-2-4-7-18)29-16-20(15-23(29)30)25(32)28-12-10-22(11-13-28)27-24(31)19-8-5-9-21(26)14-19/h2-9,14,17,20,22H,10-13,15-16H2,1H3,(H,27,31). The fourth-order valence-corrected chi connectivity index (χ4v) is 4.58. The van der Waals surface area contributed by atoms with Crippen LogP contribution in [0, 0.1) is 11.7 Å². The summed E-state index contributed by atoms with van der Waals surface area (Å²) in [6.45, 7) is 3.49. The molecule has 6 nitrogen and oxygen atoms in total. The molecular formula is C25H28FN3O3. The highest BCUT2D eigenvalue weighted by Gasteiger charge is 2.39. The number of amides is 3. The van der Waals surface area contributed by atoms with Gasteiger partial charge in [0.2, 0.25) is 11.8 Å². The Morgan fingerprint density at radius 3 is 2.47 bits per heavy atom. The van der Waals surface area contributed by atoms with E-state index in [1.54, 1.807) is 15.9 Å². The van der Waals surface area contributed by atoms with E-state index in [1.807, 2.05) is 37.3 Å². The number of halogens is 1. The molecule has 0 aliphatic carbocycles. The van der Waals surface area contributed by atoms with Crippen molar-refractivity contribution in [1.29, 1.82) is 0 Å². The molecule has 2 fully saturated rings. The molecule has 0 spiro atoms. The van der Waals surface area contributed by atoms with E-state index in [-0.39, 0.29) is 42.1 Å². The molecule has 2 atom stereocenters. The largest absolute Gasteiger partial charge is 0.349 e. The van der Waals surface area contributed by atoms with Crippen molar-refractivity contribution < 1.29 is 18.8 Å². The molecule has 2 unspecified atom stereocenters. The van der Waals surface area contributed by atoms with E-state index in [4.69, 9.17) is 0 Å². The Kier molecular flexibility index (Phi) is 6.53. The first-order valence-electron chi connectivity index (χ1n) is 11.1. The molecule has 7 heteroatoms. The molecule has 168 valence electrons. The van der Waals surface area contributed by atoms with Gasteiger partial charge in [-0.15, -0.1) is 0 Å². The molecule has 2 aromatic rings. The van der Waals surface area contributed by atoms with Crippen LogP contribution in [0.3, 0.4) is 0 Å². The molecule has 2 heterocycles. The maximum atomic E-state index is 13.3. The van der Waals surface area contributed by atoms with Crippen LogP contribution in [0.4, 0.5) is 4.39 Å². The number of hydrogen-bond donors (Lipinski definition) is 1. The molecule has 4 rings (SSSR count). The highest BCUT2D eigenvalue weighted by Crippen LogP contribution is 2.30. The van der Waals surface area contributed by atoms with E-state index in [0.29, 0.717) is 38.0 Å². The summed E-state index contributed by atoms with van der Waals surface area (Å²) in [5.41, 5.74) is 1.35. The van der Waals surface area contributed by atoms with Crippen LogP contribution in [0.5, 0.6) is 0 Å². The van der Waals surface area contributed by atoms with Crippen LogP contribution in [0.15, 0.2) is 54.6 Å². The molecule has 2 aliphatic heterocycles. The van der Waals surface area contributed by atoms with Crippen molar-refractivity contribution in [3.05, 3.63) is 71.5 Å². The highest BCUT2D eigenvalue weighted by atomic mass is 19.1. The summed E-state index contributed by atoms with van der Waals surface area (Å²) in [5, 5.41) is 2.93. The molecule has 3 amide bonds. The zero-order valence-electron chi connectivity index (χ0n) is 18.2. The second-order valence-corrected chi connectivity index (χ2v) is 8.62. The molecule has 2 aliphatic rings. The van der Waals surface area contributed by atoms with E-state index in [1.165, 1.54) is 18.2 Å². The third-order valence-corrected chi connectivity index (χ3v) is 6.49. The first-order valence-corrected chi connectivity index (χ1v) is 11.1. The summed E-state index contributed by atoms with van der Waals surface area (Å²) < 4.78 is 13.3. The number of carbonyl (C=O) groups excluding carboxylic acids is 3. The Bertz CT molecular complexity index is 989. The lowest BCUT2D eigenvalue weighted by molar-refractivity contribution is -0.136. The average molecular weight is 438 g/mol. The van der Waals surface area contributed by atoms with Crippen molar-refractivity contribution in [2.24, 2.45) is 5.92 Å². The number of nitrogens with zero attached hydrogens (tertiary/aromatic N) is 2. The summed E-state index contributed by atoms with van der Waals surface area (Å²) >= 11 is 0. The van der Waals surface area contributed by atoms with Crippen LogP contribution in [-0.4, -0.2) is 53.2 Å². The number of rotatable bonds is 5. The number of likely N-dealkylation sites (tertiary alicyclic amines) is 2. The van der Waals surface area contributed by atoms with Gasteiger partial charge in [0.25, 0.3) is 5.91 Å². The Labute approximate surface area is 187 Å². The van der Waals surface area contributed by atoms with Crippen LogP contribution < -0.4 is 5.32 Å². The Morgan fingerprint density at radius 1 is 1.06 bits per heavy atom. The van der Waals surface area contributed by atoms with Gasteiger partial charge < -0.3 is 15.1 Å². The van der Waals surface area contributed by atoms with Crippen LogP contribution in [0.25, 0.3) is 0 Å². The van der Waals surface area contributed by atoms with E-state index in [2.05, 4.69) is 5.32 Å². The quantitative estimate of drug-likeness (QED) is 0.781. The van der Waals surface area contributed by atoms with Crippen molar-refractivity contribution >= 4 is 17.7 Å². The van der Waals surface area contributed by atoms with Crippen molar-refractivity contribution in [2.45, 2.75) is 38.3 Å². The Hall–Kier alpha value is -3.22. The predicted molar refractivity (Wildman–Crippen MR) is 118 cm³/mol. The van der Waals surface area contributed by atoms with Gasteiger partial charge in [0, 0.05) is 37.7 Å². The van der Waals surface area contributed by atoms with E-state index in [0.717, 1.165) is 5.56 Å². The maximum Gasteiger partial charge on any atom is 0.251 e. The highest BCUT2D eigenvalue weighted by molar-refractivity contribution is 5.94. The number of benzene rings is 2. The van der Waals surface area contributed by atoms with Crippen molar-refractivity contribution in [2.75, 3.05) is 19.6 Å². The molecule has 0 aromatic heterocycles. The van der Waals surface area contributed by atoms with Gasteiger partial charge in [-0.1, -0.05) is 36.4 Å². The minimum Gasteiger partial charge on any atom is -0.349 e. The number of carbonyl (C=O) groups is 3. The monoisotopic (exact) mass is 437 g/mol. The SMILES string of the molecule is CC(c1ccccc1)N1CC(C(=O)N2CCC(NC(=O)c3cccc(F)c3)CC2)CC1=O. The zero-order chi connectivity index (χ0) is 22.7. The normalized spacial score (nSPS) is 20.3. The molecule has 0 bridgehead atoms.